The van der Waals surface area contributed by atoms with Gasteiger partial charge in [-0.3, -0.25) is 4.79 Å². The molecule has 0 radical (unpaired) electrons. The van der Waals surface area contributed by atoms with Crippen LogP contribution in [-0.4, -0.2) is 23.3 Å². The van der Waals surface area contributed by atoms with E-state index in [0.29, 0.717) is 6.42 Å². The van der Waals surface area contributed by atoms with Crippen LogP contribution in [0.5, 0.6) is 0 Å². The van der Waals surface area contributed by atoms with Gasteiger partial charge in [-0.15, -0.1) is 0 Å². The van der Waals surface area contributed by atoms with Crippen LogP contribution >= 0.6 is 0 Å². The topological polar surface area (TPSA) is 46.5 Å². The second-order valence-corrected chi connectivity index (χ2v) is 5.27. The van der Waals surface area contributed by atoms with Gasteiger partial charge in [0.05, 0.1) is 18.1 Å². The van der Waals surface area contributed by atoms with E-state index in [4.69, 9.17) is 4.74 Å². The highest BCUT2D eigenvalue weighted by atomic mass is 16.5. The van der Waals surface area contributed by atoms with Gasteiger partial charge in [0.15, 0.2) is 0 Å². The first-order valence-corrected chi connectivity index (χ1v) is 5.53. The number of ether oxygens (including phenoxy) is 1. The maximum Gasteiger partial charge on any atom is 0.308 e. The fraction of sp³-hybridized carbons (Fsp3) is 0.917. The molecule has 0 amide bonds. The van der Waals surface area contributed by atoms with E-state index in [-0.39, 0.29) is 18.5 Å². The Morgan fingerprint density at radius 2 is 1.80 bits per heavy atom. The minimum atomic E-state index is -0.815. The summed E-state index contributed by atoms with van der Waals surface area (Å²) in [4.78, 5) is 11.3. The number of esters is 1. The fourth-order valence-electron chi connectivity index (χ4n) is 1.05. The smallest absolute Gasteiger partial charge is 0.308 e. The van der Waals surface area contributed by atoms with Gasteiger partial charge in [0.1, 0.15) is 0 Å². The van der Waals surface area contributed by atoms with Crippen molar-refractivity contribution in [1.29, 1.82) is 0 Å². The fourth-order valence-corrected chi connectivity index (χ4v) is 1.05. The number of carbonyl (C=O) groups excluding carboxylic acids is 1. The zero-order chi connectivity index (χ0) is 12.3. The summed E-state index contributed by atoms with van der Waals surface area (Å²) in [5, 5.41) is 10.1. The lowest BCUT2D eigenvalue weighted by Gasteiger charge is -2.39. The molecule has 3 heteroatoms. The first-order chi connectivity index (χ1) is 6.64. The quantitative estimate of drug-likeness (QED) is 0.718. The van der Waals surface area contributed by atoms with Gasteiger partial charge in [-0.25, -0.2) is 0 Å². The Kier molecular flexibility index (Phi) is 4.78. The molecule has 1 atom stereocenters. The number of hydrogen-bond donors (Lipinski definition) is 1. The summed E-state index contributed by atoms with van der Waals surface area (Å²) < 4.78 is 5.16. The highest BCUT2D eigenvalue weighted by Gasteiger charge is 2.38. The molecule has 0 aliphatic carbocycles. The van der Waals surface area contributed by atoms with Gasteiger partial charge in [0, 0.05) is 5.41 Å². The van der Waals surface area contributed by atoms with Crippen LogP contribution < -0.4 is 0 Å². The van der Waals surface area contributed by atoms with E-state index in [1.54, 1.807) is 20.8 Å². The third kappa shape index (κ3) is 3.82. The lowest BCUT2D eigenvalue weighted by molar-refractivity contribution is -0.157. The highest BCUT2D eigenvalue weighted by Crippen LogP contribution is 2.33. The minimum absolute atomic E-state index is 0.118. The number of rotatable bonds is 5. The molecule has 0 bridgehead atoms. The van der Waals surface area contributed by atoms with E-state index < -0.39 is 11.0 Å². The van der Waals surface area contributed by atoms with E-state index in [1.807, 2.05) is 20.8 Å². The van der Waals surface area contributed by atoms with Gasteiger partial charge in [0.2, 0.25) is 0 Å². The summed E-state index contributed by atoms with van der Waals surface area (Å²) in [7, 11) is 0. The SMILES string of the molecule is CCC(C)(O)C(C)(C)COC(=O)C(C)C. The van der Waals surface area contributed by atoms with Crippen LogP contribution in [0.15, 0.2) is 0 Å². The molecule has 0 aliphatic rings. The second-order valence-electron chi connectivity index (χ2n) is 5.27. The Bertz CT molecular complexity index is 217. The van der Waals surface area contributed by atoms with Crippen molar-refractivity contribution in [2.75, 3.05) is 6.61 Å². The Hall–Kier alpha value is -0.570. The minimum Gasteiger partial charge on any atom is -0.465 e. The van der Waals surface area contributed by atoms with Crippen molar-refractivity contribution in [2.45, 2.75) is 53.6 Å². The molecule has 90 valence electrons. The second kappa shape index (κ2) is 4.97. The molecule has 0 heterocycles. The predicted octanol–water partition coefficient (Wildman–Crippen LogP) is 2.37. The maximum absolute atomic E-state index is 11.3. The standard InChI is InChI=1S/C12H24O3/c1-7-12(6,14)11(4,5)8-15-10(13)9(2)3/h9,14H,7-8H2,1-6H3. The van der Waals surface area contributed by atoms with Crippen LogP contribution in [0.25, 0.3) is 0 Å². The Morgan fingerprint density at radius 1 is 1.33 bits per heavy atom. The summed E-state index contributed by atoms with van der Waals surface area (Å²) in [6.07, 6.45) is 0.638. The number of carbonyl (C=O) groups is 1. The van der Waals surface area contributed by atoms with Crippen LogP contribution in [-0.2, 0) is 9.53 Å². The van der Waals surface area contributed by atoms with Gasteiger partial charge in [0.25, 0.3) is 0 Å². The van der Waals surface area contributed by atoms with E-state index >= 15 is 0 Å². The van der Waals surface area contributed by atoms with Crippen molar-refractivity contribution in [3.8, 4) is 0 Å². The molecule has 3 nitrogen and oxygen atoms in total. The summed E-state index contributed by atoms with van der Waals surface area (Å²) in [5.74, 6) is -0.331. The van der Waals surface area contributed by atoms with Gasteiger partial charge in [-0.2, -0.15) is 0 Å². The largest absolute Gasteiger partial charge is 0.465 e. The van der Waals surface area contributed by atoms with Crippen molar-refractivity contribution >= 4 is 5.97 Å². The molecular weight excluding hydrogens is 192 g/mol. The van der Waals surface area contributed by atoms with Crippen molar-refractivity contribution in [3.63, 3.8) is 0 Å². The Balaban J connectivity index is 4.34. The van der Waals surface area contributed by atoms with E-state index in [2.05, 4.69) is 0 Å². The monoisotopic (exact) mass is 216 g/mol. The molecule has 0 aromatic rings. The molecule has 1 unspecified atom stereocenters. The lowest BCUT2D eigenvalue weighted by atomic mass is 9.75. The molecule has 0 rings (SSSR count). The first-order valence-electron chi connectivity index (χ1n) is 5.53. The van der Waals surface area contributed by atoms with Crippen LogP contribution in [0.2, 0.25) is 0 Å². The summed E-state index contributed by atoms with van der Waals surface area (Å²) in [6, 6.07) is 0. The van der Waals surface area contributed by atoms with E-state index in [9.17, 15) is 9.90 Å². The van der Waals surface area contributed by atoms with Gasteiger partial charge >= 0.3 is 5.97 Å². The van der Waals surface area contributed by atoms with Crippen molar-refractivity contribution in [3.05, 3.63) is 0 Å². The summed E-state index contributed by atoms with van der Waals surface area (Å²) >= 11 is 0. The number of hydrogen-bond acceptors (Lipinski definition) is 3. The van der Waals surface area contributed by atoms with E-state index in [1.165, 1.54) is 0 Å². The molecule has 0 aromatic carbocycles. The van der Waals surface area contributed by atoms with Crippen LogP contribution in [0.1, 0.15) is 48.0 Å². The van der Waals surface area contributed by atoms with Gasteiger partial charge in [-0.05, 0) is 13.3 Å². The summed E-state index contributed by atoms with van der Waals surface area (Å²) in [5.41, 5.74) is -1.24. The van der Waals surface area contributed by atoms with Crippen molar-refractivity contribution < 1.29 is 14.6 Å². The van der Waals surface area contributed by atoms with Crippen molar-refractivity contribution in [1.82, 2.24) is 0 Å². The molecule has 0 aromatic heterocycles. The van der Waals surface area contributed by atoms with Gasteiger partial charge in [-0.1, -0.05) is 34.6 Å². The average molecular weight is 216 g/mol. The van der Waals surface area contributed by atoms with Crippen LogP contribution in [0, 0.1) is 11.3 Å². The average Bonchev–Trinajstić information content (AvgIpc) is 2.13. The van der Waals surface area contributed by atoms with Gasteiger partial charge < -0.3 is 9.84 Å². The summed E-state index contributed by atoms with van der Waals surface area (Å²) in [6.45, 7) is 11.4. The third-order valence-electron chi connectivity index (χ3n) is 3.19. The van der Waals surface area contributed by atoms with Crippen LogP contribution in [0.4, 0.5) is 0 Å². The Morgan fingerprint density at radius 3 is 2.13 bits per heavy atom. The molecular formula is C12H24O3. The number of aliphatic hydroxyl groups is 1. The first kappa shape index (κ1) is 14.4. The van der Waals surface area contributed by atoms with Crippen LogP contribution in [0.3, 0.4) is 0 Å². The molecule has 0 fully saturated rings. The Labute approximate surface area is 92.8 Å². The lowest BCUT2D eigenvalue weighted by Crippen LogP contribution is -2.45. The predicted molar refractivity (Wildman–Crippen MR) is 60.5 cm³/mol. The molecule has 0 aliphatic heterocycles. The highest BCUT2D eigenvalue weighted by molar-refractivity contribution is 5.71. The molecule has 1 N–H and O–H groups in total. The molecule has 15 heavy (non-hydrogen) atoms. The molecule has 0 saturated heterocycles. The molecule has 0 spiro atoms. The molecule has 0 saturated carbocycles. The normalized spacial score (nSPS) is 16.3. The van der Waals surface area contributed by atoms with Crippen molar-refractivity contribution in [2.24, 2.45) is 11.3 Å². The maximum atomic E-state index is 11.3. The zero-order valence-electron chi connectivity index (χ0n) is 10.8. The third-order valence-corrected chi connectivity index (χ3v) is 3.19. The zero-order valence-corrected chi connectivity index (χ0v) is 10.8. The van der Waals surface area contributed by atoms with E-state index in [0.717, 1.165) is 0 Å².